The van der Waals surface area contributed by atoms with Crippen LogP contribution in [0.4, 0.5) is 4.39 Å². The topological polar surface area (TPSA) is 73.2 Å². The third-order valence-electron chi connectivity index (χ3n) is 4.98. The zero-order chi connectivity index (χ0) is 22.0. The Morgan fingerprint density at radius 1 is 1.16 bits per heavy atom. The van der Waals surface area contributed by atoms with E-state index in [0.717, 1.165) is 16.9 Å². The van der Waals surface area contributed by atoms with E-state index in [1.807, 2.05) is 6.92 Å². The van der Waals surface area contributed by atoms with E-state index in [2.05, 4.69) is 21.7 Å². The van der Waals surface area contributed by atoms with Gasteiger partial charge in [-0.05, 0) is 61.4 Å². The van der Waals surface area contributed by atoms with Gasteiger partial charge in [0.2, 0.25) is 10.0 Å². The maximum atomic E-state index is 13.3. The van der Waals surface area contributed by atoms with Gasteiger partial charge >= 0.3 is 0 Å². The minimum atomic E-state index is -3.50. The van der Waals surface area contributed by atoms with Gasteiger partial charge in [-0.15, -0.1) is 0 Å². The SMILES string of the molecule is CCNS(=O)(=O)c1ccc(C#Cc2nn(-c3ccc(F)cc3)c3c2CO[C@@H](C)C3)cc1. The van der Waals surface area contributed by atoms with Crippen LogP contribution in [0.2, 0.25) is 0 Å². The molecular weight excluding hydrogens is 417 g/mol. The van der Waals surface area contributed by atoms with Crippen LogP contribution in [0.1, 0.15) is 36.4 Å². The first kappa shape index (κ1) is 21.2. The molecule has 0 saturated carbocycles. The number of halogens is 1. The molecule has 3 aromatic rings. The lowest BCUT2D eigenvalue weighted by molar-refractivity contribution is 0.0397. The van der Waals surface area contributed by atoms with E-state index in [1.54, 1.807) is 35.9 Å². The fraction of sp³-hybridized carbons (Fsp3) is 0.261. The Bertz CT molecular complexity index is 1250. The van der Waals surface area contributed by atoms with Crippen molar-refractivity contribution in [3.8, 4) is 17.5 Å². The Balaban J connectivity index is 1.68. The zero-order valence-corrected chi connectivity index (χ0v) is 18.0. The summed E-state index contributed by atoms with van der Waals surface area (Å²) in [7, 11) is -3.50. The van der Waals surface area contributed by atoms with E-state index in [9.17, 15) is 12.8 Å². The van der Waals surface area contributed by atoms with Gasteiger partial charge in [0.15, 0.2) is 0 Å². The minimum absolute atomic E-state index is 0.0513. The summed E-state index contributed by atoms with van der Waals surface area (Å²) >= 11 is 0. The fourth-order valence-corrected chi connectivity index (χ4v) is 4.46. The van der Waals surface area contributed by atoms with Gasteiger partial charge in [0.25, 0.3) is 0 Å². The van der Waals surface area contributed by atoms with E-state index in [-0.39, 0.29) is 16.8 Å². The second kappa shape index (κ2) is 8.63. The maximum absolute atomic E-state index is 13.3. The molecule has 8 heteroatoms. The van der Waals surface area contributed by atoms with Crippen LogP contribution in [-0.2, 0) is 27.8 Å². The lowest BCUT2D eigenvalue weighted by Crippen LogP contribution is -2.22. The highest BCUT2D eigenvalue weighted by Crippen LogP contribution is 2.26. The third kappa shape index (κ3) is 4.54. The fourth-order valence-electron chi connectivity index (χ4n) is 3.42. The summed E-state index contributed by atoms with van der Waals surface area (Å²) in [6, 6.07) is 12.6. The monoisotopic (exact) mass is 439 g/mol. The van der Waals surface area contributed by atoms with E-state index in [0.29, 0.717) is 30.8 Å². The average Bonchev–Trinajstić information content (AvgIpc) is 3.11. The quantitative estimate of drug-likeness (QED) is 0.634. The number of hydrogen-bond donors (Lipinski definition) is 1. The molecule has 1 N–H and O–H groups in total. The van der Waals surface area contributed by atoms with Crippen molar-refractivity contribution in [3.05, 3.63) is 76.9 Å². The summed E-state index contributed by atoms with van der Waals surface area (Å²) < 4.78 is 47.5. The smallest absolute Gasteiger partial charge is 0.240 e. The molecule has 6 nitrogen and oxygen atoms in total. The molecule has 0 aliphatic carbocycles. The molecule has 0 amide bonds. The summed E-state index contributed by atoms with van der Waals surface area (Å²) in [4.78, 5) is 0.195. The minimum Gasteiger partial charge on any atom is -0.373 e. The van der Waals surface area contributed by atoms with Crippen LogP contribution < -0.4 is 4.72 Å². The van der Waals surface area contributed by atoms with Crippen LogP contribution in [0.3, 0.4) is 0 Å². The number of sulfonamides is 1. The van der Waals surface area contributed by atoms with Crippen molar-refractivity contribution in [3.63, 3.8) is 0 Å². The normalized spacial score (nSPS) is 15.8. The zero-order valence-electron chi connectivity index (χ0n) is 17.2. The van der Waals surface area contributed by atoms with Crippen molar-refractivity contribution in [2.75, 3.05) is 6.54 Å². The molecule has 0 saturated heterocycles. The van der Waals surface area contributed by atoms with E-state index in [1.165, 1.54) is 24.3 Å². The van der Waals surface area contributed by atoms with Gasteiger partial charge in [0.1, 0.15) is 11.5 Å². The highest BCUT2D eigenvalue weighted by atomic mass is 32.2. The van der Waals surface area contributed by atoms with Crippen molar-refractivity contribution in [1.82, 2.24) is 14.5 Å². The molecule has 4 rings (SSSR count). The van der Waals surface area contributed by atoms with Crippen LogP contribution in [-0.4, -0.2) is 30.8 Å². The number of benzene rings is 2. The molecule has 2 aromatic carbocycles. The summed E-state index contributed by atoms with van der Waals surface area (Å²) in [5.41, 5.74) is 3.95. The Labute approximate surface area is 181 Å². The van der Waals surface area contributed by atoms with Gasteiger partial charge in [0.05, 0.1) is 29.0 Å². The molecule has 0 radical (unpaired) electrons. The number of nitrogens with zero attached hydrogens (tertiary/aromatic N) is 2. The summed E-state index contributed by atoms with van der Waals surface area (Å²) in [6.45, 7) is 4.46. The van der Waals surface area contributed by atoms with E-state index >= 15 is 0 Å². The number of nitrogens with one attached hydrogen (secondary N) is 1. The Kier molecular flexibility index (Phi) is 5.92. The summed E-state index contributed by atoms with van der Waals surface area (Å²) in [5, 5.41) is 4.66. The van der Waals surface area contributed by atoms with Crippen molar-refractivity contribution < 1.29 is 17.5 Å². The molecule has 2 heterocycles. The van der Waals surface area contributed by atoms with Gasteiger partial charge < -0.3 is 4.74 Å². The molecule has 0 unspecified atom stereocenters. The van der Waals surface area contributed by atoms with Crippen LogP contribution in [0.15, 0.2) is 53.4 Å². The number of ether oxygens (including phenoxy) is 1. The van der Waals surface area contributed by atoms with Gasteiger partial charge in [-0.2, -0.15) is 5.10 Å². The van der Waals surface area contributed by atoms with Gasteiger partial charge in [-0.3, -0.25) is 0 Å². The van der Waals surface area contributed by atoms with Crippen LogP contribution in [0, 0.1) is 17.7 Å². The van der Waals surface area contributed by atoms with Crippen LogP contribution >= 0.6 is 0 Å². The predicted octanol–water partition coefficient (Wildman–Crippen LogP) is 3.17. The highest BCUT2D eigenvalue weighted by Gasteiger charge is 2.25. The van der Waals surface area contributed by atoms with Crippen LogP contribution in [0.25, 0.3) is 5.69 Å². The summed E-state index contributed by atoms with van der Waals surface area (Å²) in [6.07, 6.45) is 0.730. The summed E-state index contributed by atoms with van der Waals surface area (Å²) in [5.74, 6) is 5.83. The Hall–Kier alpha value is -2.99. The molecule has 0 fully saturated rings. The van der Waals surface area contributed by atoms with Gasteiger partial charge in [-0.25, -0.2) is 22.2 Å². The molecule has 160 valence electrons. The first-order valence-corrected chi connectivity index (χ1v) is 11.5. The highest BCUT2D eigenvalue weighted by molar-refractivity contribution is 7.89. The second-order valence-electron chi connectivity index (χ2n) is 7.26. The van der Waals surface area contributed by atoms with E-state index < -0.39 is 10.0 Å². The lowest BCUT2D eigenvalue weighted by atomic mass is 10.1. The van der Waals surface area contributed by atoms with Crippen LogP contribution in [0.5, 0.6) is 0 Å². The number of aromatic nitrogens is 2. The molecule has 1 aromatic heterocycles. The van der Waals surface area contributed by atoms with Gasteiger partial charge in [0, 0.05) is 24.1 Å². The number of fused-ring (bicyclic) bond motifs is 1. The molecular formula is C23H22FN3O3S. The molecule has 1 atom stereocenters. The van der Waals surface area contributed by atoms with Gasteiger partial charge in [-0.1, -0.05) is 12.8 Å². The first-order valence-electron chi connectivity index (χ1n) is 9.97. The van der Waals surface area contributed by atoms with E-state index in [4.69, 9.17) is 4.74 Å². The Morgan fingerprint density at radius 3 is 2.55 bits per heavy atom. The van der Waals surface area contributed by atoms with Crippen molar-refractivity contribution >= 4 is 10.0 Å². The molecule has 0 bridgehead atoms. The molecule has 1 aliphatic rings. The second-order valence-corrected chi connectivity index (χ2v) is 9.03. The molecule has 31 heavy (non-hydrogen) atoms. The third-order valence-corrected chi connectivity index (χ3v) is 6.54. The van der Waals surface area contributed by atoms with Crippen molar-refractivity contribution in [2.24, 2.45) is 0 Å². The van der Waals surface area contributed by atoms with Crippen molar-refractivity contribution in [1.29, 1.82) is 0 Å². The largest absolute Gasteiger partial charge is 0.373 e. The van der Waals surface area contributed by atoms with Crippen molar-refractivity contribution in [2.45, 2.75) is 37.9 Å². The number of hydrogen-bond acceptors (Lipinski definition) is 4. The molecule has 1 aliphatic heterocycles. The standard InChI is InChI=1S/C23H22FN3O3S/c1-3-25-31(28,29)20-11-4-17(5-12-20)6-13-22-21-15-30-16(2)14-23(21)27(26-22)19-9-7-18(24)8-10-19/h4-5,7-12,16,25H,3,14-15H2,1-2H3/t16-/m0/s1. The Morgan fingerprint density at radius 2 is 1.87 bits per heavy atom. The first-order chi connectivity index (χ1) is 14.9. The number of rotatable bonds is 4. The predicted molar refractivity (Wildman–Crippen MR) is 115 cm³/mol. The molecule has 0 spiro atoms. The lowest BCUT2D eigenvalue weighted by Gasteiger charge is -2.20. The maximum Gasteiger partial charge on any atom is 0.240 e. The average molecular weight is 440 g/mol.